The van der Waals surface area contributed by atoms with E-state index in [1.807, 2.05) is 0 Å². The predicted octanol–water partition coefficient (Wildman–Crippen LogP) is 1.53. The summed E-state index contributed by atoms with van der Waals surface area (Å²) >= 11 is 0. The number of likely N-dealkylation sites (tertiary alicyclic amines) is 1. The number of carbonyl (C=O) groups is 1. The van der Waals surface area contributed by atoms with E-state index in [0.717, 1.165) is 18.5 Å². The van der Waals surface area contributed by atoms with Crippen LogP contribution < -0.4 is 5.56 Å². The predicted molar refractivity (Wildman–Crippen MR) is 99.4 cm³/mol. The van der Waals surface area contributed by atoms with Crippen LogP contribution in [0, 0.1) is 12.8 Å². The van der Waals surface area contributed by atoms with Gasteiger partial charge in [0.05, 0.1) is 23.1 Å². The van der Waals surface area contributed by atoms with Crippen molar-refractivity contribution in [3.8, 4) is 5.95 Å². The number of alkyl halides is 3. The van der Waals surface area contributed by atoms with Crippen molar-refractivity contribution in [2.75, 3.05) is 13.1 Å². The van der Waals surface area contributed by atoms with Crippen LogP contribution in [0.1, 0.15) is 46.6 Å². The molecule has 1 fully saturated rings. The van der Waals surface area contributed by atoms with E-state index in [0.29, 0.717) is 23.2 Å². The zero-order chi connectivity index (χ0) is 21.6. The highest BCUT2D eigenvalue weighted by Gasteiger charge is 2.44. The van der Waals surface area contributed by atoms with E-state index in [1.165, 1.54) is 15.8 Å². The van der Waals surface area contributed by atoms with Gasteiger partial charge in [-0.25, -0.2) is 9.67 Å². The number of aliphatic hydroxyl groups excluding tert-OH is 1. The lowest BCUT2D eigenvalue weighted by molar-refractivity contribution is -0.222. The Bertz CT molecular complexity index is 1020. The molecule has 11 heteroatoms. The normalized spacial score (nSPS) is 18.5. The SMILES string of the molecule is Cc1c(C(=O)N2CCC(C(O)C(F)(F)F)CC2)cnn1-c1nc2c(c(=O)[nH]1)CCC2. The van der Waals surface area contributed by atoms with Gasteiger partial charge in [-0.15, -0.1) is 0 Å². The molecular weight excluding hydrogens is 403 g/mol. The molecule has 2 N–H and O–H groups in total. The lowest BCUT2D eigenvalue weighted by Crippen LogP contribution is -2.45. The van der Waals surface area contributed by atoms with Gasteiger partial charge in [0.25, 0.3) is 11.5 Å². The Kier molecular flexibility index (Phi) is 5.16. The average Bonchev–Trinajstić information content (AvgIpc) is 3.33. The Labute approximate surface area is 169 Å². The van der Waals surface area contributed by atoms with Crippen molar-refractivity contribution in [3.05, 3.63) is 39.1 Å². The topological polar surface area (TPSA) is 104 Å². The molecule has 0 saturated carbocycles. The summed E-state index contributed by atoms with van der Waals surface area (Å²) in [6.07, 6.45) is -3.23. The van der Waals surface area contributed by atoms with Crippen molar-refractivity contribution in [1.82, 2.24) is 24.6 Å². The van der Waals surface area contributed by atoms with Crippen LogP contribution in [0.2, 0.25) is 0 Å². The number of aliphatic hydroxyl groups is 1. The van der Waals surface area contributed by atoms with Gasteiger partial charge in [-0.1, -0.05) is 0 Å². The third-order valence-corrected chi connectivity index (χ3v) is 5.98. The standard InChI is InChI=1S/C19H22F3N5O3/c1-10-13(17(30)26-7-5-11(6-8-26)15(28)19(20,21)22)9-23-27(10)18-24-14-4-2-3-12(14)16(29)25-18/h9,11,15,28H,2-8H2,1H3,(H,24,25,29). The van der Waals surface area contributed by atoms with Gasteiger partial charge in [0.2, 0.25) is 5.95 Å². The molecule has 1 atom stereocenters. The fourth-order valence-corrected chi connectivity index (χ4v) is 4.22. The molecule has 2 aromatic heterocycles. The fraction of sp³-hybridized carbons (Fsp3) is 0.579. The number of piperidine rings is 1. The maximum absolute atomic E-state index is 12.9. The van der Waals surface area contributed by atoms with Crippen LogP contribution in [-0.4, -0.2) is 61.0 Å². The molecule has 2 aromatic rings. The van der Waals surface area contributed by atoms with E-state index in [9.17, 15) is 27.9 Å². The van der Waals surface area contributed by atoms with Gasteiger partial charge >= 0.3 is 6.18 Å². The van der Waals surface area contributed by atoms with E-state index >= 15 is 0 Å². The number of nitrogens with one attached hydrogen (secondary N) is 1. The molecule has 4 rings (SSSR count). The Morgan fingerprint density at radius 3 is 2.67 bits per heavy atom. The fourth-order valence-electron chi connectivity index (χ4n) is 4.22. The second kappa shape index (κ2) is 7.53. The molecule has 1 unspecified atom stereocenters. The first-order valence-corrected chi connectivity index (χ1v) is 9.88. The average molecular weight is 425 g/mol. The van der Waals surface area contributed by atoms with E-state index < -0.39 is 18.2 Å². The Morgan fingerprint density at radius 2 is 2.00 bits per heavy atom. The first-order chi connectivity index (χ1) is 14.2. The highest BCUT2D eigenvalue weighted by Crippen LogP contribution is 2.32. The summed E-state index contributed by atoms with van der Waals surface area (Å²) in [6.45, 7) is 1.91. The van der Waals surface area contributed by atoms with Gasteiger partial charge in [0.1, 0.15) is 0 Å². The highest BCUT2D eigenvalue weighted by molar-refractivity contribution is 5.95. The summed E-state index contributed by atoms with van der Waals surface area (Å²) in [5.74, 6) is -1.02. The molecule has 2 aliphatic rings. The number of hydrogen-bond acceptors (Lipinski definition) is 5. The van der Waals surface area contributed by atoms with Crippen LogP contribution in [0.4, 0.5) is 13.2 Å². The maximum Gasteiger partial charge on any atom is 0.414 e. The van der Waals surface area contributed by atoms with E-state index in [4.69, 9.17) is 0 Å². The third-order valence-electron chi connectivity index (χ3n) is 5.98. The summed E-state index contributed by atoms with van der Waals surface area (Å²) in [5, 5.41) is 13.6. The number of H-pyrrole nitrogens is 1. The zero-order valence-corrected chi connectivity index (χ0v) is 16.4. The smallest absolute Gasteiger partial charge is 0.383 e. The van der Waals surface area contributed by atoms with E-state index in [2.05, 4.69) is 15.1 Å². The molecular formula is C19H22F3N5O3. The van der Waals surface area contributed by atoms with Crippen LogP contribution >= 0.6 is 0 Å². The van der Waals surface area contributed by atoms with Gasteiger partial charge < -0.3 is 10.0 Å². The Balaban J connectivity index is 1.50. The number of aromatic nitrogens is 4. The monoisotopic (exact) mass is 425 g/mol. The van der Waals surface area contributed by atoms with Crippen molar-refractivity contribution in [2.24, 2.45) is 5.92 Å². The molecule has 0 spiro atoms. The van der Waals surface area contributed by atoms with E-state index in [-0.39, 0.29) is 43.3 Å². The number of amides is 1. The van der Waals surface area contributed by atoms with Crippen molar-refractivity contribution >= 4 is 5.91 Å². The summed E-state index contributed by atoms with van der Waals surface area (Å²) in [5.41, 5.74) is 2.00. The van der Waals surface area contributed by atoms with Crippen LogP contribution in [0.5, 0.6) is 0 Å². The van der Waals surface area contributed by atoms with Crippen LogP contribution in [0.3, 0.4) is 0 Å². The number of aryl methyl sites for hydroxylation is 1. The number of rotatable bonds is 3. The second-order valence-corrected chi connectivity index (χ2v) is 7.84. The number of halogens is 3. The first-order valence-electron chi connectivity index (χ1n) is 9.88. The molecule has 0 aromatic carbocycles. The number of fused-ring (bicyclic) bond motifs is 1. The van der Waals surface area contributed by atoms with E-state index in [1.54, 1.807) is 6.92 Å². The molecule has 1 amide bonds. The summed E-state index contributed by atoms with van der Waals surface area (Å²) in [4.78, 5) is 33.8. The zero-order valence-electron chi connectivity index (χ0n) is 16.4. The van der Waals surface area contributed by atoms with Crippen LogP contribution in [0.15, 0.2) is 11.0 Å². The van der Waals surface area contributed by atoms with Crippen molar-refractivity contribution in [1.29, 1.82) is 0 Å². The summed E-state index contributed by atoms with van der Waals surface area (Å²) < 4.78 is 39.5. The van der Waals surface area contributed by atoms with Gasteiger partial charge in [0, 0.05) is 18.7 Å². The molecule has 3 heterocycles. The molecule has 1 aliphatic carbocycles. The summed E-state index contributed by atoms with van der Waals surface area (Å²) in [6, 6.07) is 0. The molecule has 8 nitrogen and oxygen atoms in total. The largest absolute Gasteiger partial charge is 0.414 e. The van der Waals surface area contributed by atoms with Crippen molar-refractivity contribution in [2.45, 2.75) is 51.3 Å². The number of carbonyl (C=O) groups excluding carboxylic acids is 1. The molecule has 0 bridgehead atoms. The first kappa shape index (κ1) is 20.6. The second-order valence-electron chi connectivity index (χ2n) is 7.84. The van der Waals surface area contributed by atoms with Gasteiger partial charge in [-0.05, 0) is 44.9 Å². The number of hydrogen-bond donors (Lipinski definition) is 2. The number of aromatic amines is 1. The minimum Gasteiger partial charge on any atom is -0.383 e. The minimum atomic E-state index is -4.66. The molecule has 1 aliphatic heterocycles. The third kappa shape index (κ3) is 3.62. The van der Waals surface area contributed by atoms with Gasteiger partial charge in [0.15, 0.2) is 6.10 Å². The lowest BCUT2D eigenvalue weighted by atomic mass is 9.90. The number of nitrogens with zero attached hydrogens (tertiary/aromatic N) is 4. The molecule has 1 saturated heterocycles. The van der Waals surface area contributed by atoms with Crippen molar-refractivity contribution in [3.63, 3.8) is 0 Å². The molecule has 162 valence electrons. The quantitative estimate of drug-likeness (QED) is 0.776. The molecule has 30 heavy (non-hydrogen) atoms. The molecule has 0 radical (unpaired) electrons. The lowest BCUT2D eigenvalue weighted by Gasteiger charge is -2.34. The maximum atomic E-state index is 12.9. The summed E-state index contributed by atoms with van der Waals surface area (Å²) in [7, 11) is 0. The van der Waals surface area contributed by atoms with Gasteiger partial charge in [-0.3, -0.25) is 14.6 Å². The van der Waals surface area contributed by atoms with Gasteiger partial charge in [-0.2, -0.15) is 18.3 Å². The minimum absolute atomic E-state index is 0.0687. The Hall–Kier alpha value is -2.69. The Morgan fingerprint density at radius 1 is 1.30 bits per heavy atom. The van der Waals surface area contributed by atoms with Crippen LogP contribution in [0.25, 0.3) is 5.95 Å². The van der Waals surface area contributed by atoms with Crippen LogP contribution in [-0.2, 0) is 12.8 Å². The highest BCUT2D eigenvalue weighted by atomic mass is 19.4. The van der Waals surface area contributed by atoms with Crippen molar-refractivity contribution < 1.29 is 23.1 Å².